The minimum Gasteiger partial charge on any atom is -1.00 e. The molecule has 0 aliphatic heterocycles. The van der Waals surface area contributed by atoms with Crippen LogP contribution in [0.4, 0.5) is 10.1 Å². The van der Waals surface area contributed by atoms with Crippen LogP contribution >= 0.6 is 0 Å². The number of esters is 1. The number of carbonyl (C=O) groups excluding carboxylic acids is 1. The zero-order chi connectivity index (χ0) is 31.4. The van der Waals surface area contributed by atoms with Gasteiger partial charge in [0.1, 0.15) is 11.6 Å². The highest BCUT2D eigenvalue weighted by atomic mass is 35.5. The Kier molecular flexibility index (Phi) is 11.7. The molecule has 9 nitrogen and oxygen atoms in total. The number of nitrogens with zero attached hydrogens (tertiary/aromatic N) is 1. The maximum Gasteiger partial charge on any atom is 0.366 e. The Hall–Kier alpha value is -3.67. The molecule has 3 aromatic rings. The van der Waals surface area contributed by atoms with E-state index in [1.54, 1.807) is 43.5 Å². The number of anilines is 1. The molecule has 0 spiro atoms. The Labute approximate surface area is 258 Å². The van der Waals surface area contributed by atoms with Crippen LogP contribution in [0.3, 0.4) is 0 Å². The number of rotatable bonds is 10. The van der Waals surface area contributed by atoms with Crippen LogP contribution in [0, 0.1) is 11.7 Å². The largest absolute Gasteiger partial charge is 1.00 e. The van der Waals surface area contributed by atoms with Gasteiger partial charge in [0.05, 0.1) is 18.9 Å². The Morgan fingerprint density at radius 2 is 1.74 bits per heavy atom. The van der Waals surface area contributed by atoms with E-state index >= 15 is 0 Å². The number of pyridine rings is 1. The summed E-state index contributed by atoms with van der Waals surface area (Å²) in [6.45, 7) is 9.23. The first-order valence-corrected chi connectivity index (χ1v) is 15.3. The molecule has 0 bridgehead atoms. The number of benzene rings is 2. The molecule has 2 aromatic carbocycles. The lowest BCUT2D eigenvalue weighted by molar-refractivity contribution is -0.419. The molecule has 43 heavy (non-hydrogen) atoms. The normalized spacial score (nSPS) is 12.6. The predicted octanol–water partition coefficient (Wildman–Crippen LogP) is 1.27. The lowest BCUT2D eigenvalue weighted by Gasteiger charge is -2.25. The van der Waals surface area contributed by atoms with Crippen molar-refractivity contribution in [1.29, 1.82) is 0 Å². The van der Waals surface area contributed by atoms with Crippen LogP contribution in [-0.4, -0.2) is 38.4 Å². The second kappa shape index (κ2) is 14.2. The third kappa shape index (κ3) is 9.41. The van der Waals surface area contributed by atoms with Crippen molar-refractivity contribution in [2.24, 2.45) is 5.92 Å². The van der Waals surface area contributed by atoms with Gasteiger partial charge in [0.15, 0.2) is 12.8 Å². The maximum absolute atomic E-state index is 14.8. The first-order valence-electron chi connectivity index (χ1n) is 13.4. The highest BCUT2D eigenvalue weighted by Gasteiger charge is 2.25. The van der Waals surface area contributed by atoms with Gasteiger partial charge in [0, 0.05) is 28.9 Å². The van der Waals surface area contributed by atoms with Crippen molar-refractivity contribution in [2.45, 2.75) is 52.8 Å². The number of carbonyl (C=O) groups is 1. The number of methoxy groups -OCH3 is 1. The van der Waals surface area contributed by atoms with Crippen LogP contribution in [0.2, 0.25) is 0 Å². The SMILES string of the molecule is COc1c(/C=C/c2ccc(NS(C)(=O)=O)cc2)cc(-c2cc(F)cn(COC(=O)[C@@H]([NH3+])C(C)C)c2=O)cc1C(C)(C)C.[Cl-]. The topological polar surface area (TPSA) is 131 Å². The molecule has 1 heterocycles. The molecule has 0 radical (unpaired) electrons. The zero-order valence-electron chi connectivity index (χ0n) is 25.4. The van der Waals surface area contributed by atoms with E-state index in [0.29, 0.717) is 22.6 Å². The fourth-order valence-electron chi connectivity index (χ4n) is 4.19. The van der Waals surface area contributed by atoms with Crippen molar-refractivity contribution in [2.75, 3.05) is 18.1 Å². The van der Waals surface area contributed by atoms with Gasteiger partial charge in [0.2, 0.25) is 10.0 Å². The predicted molar refractivity (Wildman–Crippen MR) is 163 cm³/mol. The lowest BCUT2D eigenvalue weighted by atomic mass is 9.83. The van der Waals surface area contributed by atoms with Crippen molar-refractivity contribution < 1.29 is 45.2 Å². The van der Waals surface area contributed by atoms with E-state index in [2.05, 4.69) is 10.5 Å². The molecule has 1 aromatic heterocycles. The summed E-state index contributed by atoms with van der Waals surface area (Å²) in [6, 6.07) is 10.9. The quantitative estimate of drug-likeness (QED) is 0.255. The fraction of sp³-hybridized carbons (Fsp3) is 0.355. The van der Waals surface area contributed by atoms with Crippen LogP contribution in [0.15, 0.2) is 53.5 Å². The van der Waals surface area contributed by atoms with Crippen LogP contribution in [0.1, 0.15) is 51.3 Å². The van der Waals surface area contributed by atoms with E-state index in [0.717, 1.165) is 34.2 Å². The molecule has 0 amide bonds. The number of aromatic nitrogens is 1. The molecule has 1 atom stereocenters. The molecule has 0 aliphatic carbocycles. The third-order valence-electron chi connectivity index (χ3n) is 6.62. The zero-order valence-corrected chi connectivity index (χ0v) is 27.0. The van der Waals surface area contributed by atoms with E-state index in [1.165, 1.54) is 0 Å². The summed E-state index contributed by atoms with van der Waals surface area (Å²) in [7, 11) is -1.84. The Balaban J connectivity index is 0.00000645. The molecule has 0 saturated carbocycles. The fourth-order valence-corrected chi connectivity index (χ4v) is 4.76. The van der Waals surface area contributed by atoms with Crippen molar-refractivity contribution >= 4 is 33.8 Å². The Morgan fingerprint density at radius 3 is 2.28 bits per heavy atom. The number of sulfonamides is 1. The van der Waals surface area contributed by atoms with Crippen LogP contribution in [0.25, 0.3) is 23.3 Å². The van der Waals surface area contributed by atoms with Gasteiger partial charge < -0.3 is 27.6 Å². The van der Waals surface area contributed by atoms with Crippen LogP contribution in [-0.2, 0) is 31.7 Å². The number of hydrogen-bond donors (Lipinski definition) is 2. The first-order chi connectivity index (χ1) is 19.5. The Morgan fingerprint density at radius 1 is 1.12 bits per heavy atom. The average Bonchev–Trinajstić information content (AvgIpc) is 2.90. The van der Waals surface area contributed by atoms with Gasteiger partial charge in [-0.15, -0.1) is 0 Å². The van der Waals surface area contributed by atoms with E-state index < -0.39 is 45.6 Å². The van der Waals surface area contributed by atoms with E-state index in [-0.39, 0.29) is 23.9 Å². The van der Waals surface area contributed by atoms with E-state index in [4.69, 9.17) is 9.47 Å². The summed E-state index contributed by atoms with van der Waals surface area (Å²) in [5.74, 6) is -0.696. The minimum absolute atomic E-state index is 0. The van der Waals surface area contributed by atoms with Crippen molar-refractivity contribution in [3.8, 4) is 16.9 Å². The number of ether oxygens (including phenoxy) is 2. The second-order valence-corrected chi connectivity index (χ2v) is 13.3. The standard InChI is InChI=1S/C31H38FN3O6S.ClH/c1-19(2)27(33)30(37)41-18-35-17-23(32)16-25(29(35)36)22-14-21(28(40-6)26(15-22)31(3,4)5)11-8-20-9-12-24(13-10-20)34-42(7,38)39;/h8-17,19,27,34H,18,33H2,1-7H3;1H/b11-8+;/t27-;/m0./s1. The highest BCUT2D eigenvalue weighted by molar-refractivity contribution is 7.92. The minimum atomic E-state index is -3.40. The third-order valence-corrected chi connectivity index (χ3v) is 7.22. The van der Waals surface area contributed by atoms with Gasteiger partial charge in [-0.25, -0.2) is 17.6 Å². The van der Waals surface area contributed by atoms with Crippen LogP contribution < -0.4 is 33.2 Å². The van der Waals surface area contributed by atoms with E-state index in [1.807, 2.05) is 46.8 Å². The van der Waals surface area contributed by atoms with Gasteiger partial charge in [-0.3, -0.25) is 14.1 Å². The molecule has 3 rings (SSSR count). The summed E-state index contributed by atoms with van der Waals surface area (Å²) in [5, 5.41) is 0. The monoisotopic (exact) mass is 635 g/mol. The molecule has 0 aliphatic rings. The average molecular weight is 636 g/mol. The van der Waals surface area contributed by atoms with Gasteiger partial charge in [-0.05, 0) is 46.9 Å². The maximum atomic E-state index is 14.8. The van der Waals surface area contributed by atoms with Crippen molar-refractivity contribution in [3.05, 3.63) is 81.5 Å². The molecule has 0 unspecified atom stereocenters. The summed E-state index contributed by atoms with van der Waals surface area (Å²) in [4.78, 5) is 25.8. The van der Waals surface area contributed by atoms with E-state index in [9.17, 15) is 22.4 Å². The van der Waals surface area contributed by atoms with Crippen molar-refractivity contribution in [1.82, 2.24) is 4.57 Å². The lowest BCUT2D eigenvalue weighted by Crippen LogP contribution is -3.00. The number of halogens is 2. The smallest absolute Gasteiger partial charge is 0.366 e. The molecular weight excluding hydrogens is 597 g/mol. The van der Waals surface area contributed by atoms with Gasteiger partial charge in [0.25, 0.3) is 5.56 Å². The first kappa shape index (κ1) is 35.5. The van der Waals surface area contributed by atoms with Gasteiger partial charge in [-0.1, -0.05) is 58.9 Å². The molecule has 234 valence electrons. The molecular formula is C31H39ClFN3O6S. The summed E-state index contributed by atoms with van der Waals surface area (Å²) < 4.78 is 52.3. The summed E-state index contributed by atoms with van der Waals surface area (Å²) in [5.41, 5.74) is 6.11. The summed E-state index contributed by atoms with van der Waals surface area (Å²) in [6.07, 6.45) is 5.73. The molecule has 0 saturated heterocycles. The number of hydrogen-bond acceptors (Lipinski definition) is 6. The molecule has 12 heteroatoms. The number of nitrogens with one attached hydrogen (secondary N) is 1. The summed E-state index contributed by atoms with van der Waals surface area (Å²) >= 11 is 0. The number of quaternary nitrogens is 1. The van der Waals surface area contributed by atoms with Gasteiger partial charge in [-0.2, -0.15) is 0 Å². The van der Waals surface area contributed by atoms with Crippen LogP contribution in [0.5, 0.6) is 5.75 Å². The highest BCUT2D eigenvalue weighted by Crippen LogP contribution is 2.38. The van der Waals surface area contributed by atoms with Gasteiger partial charge >= 0.3 is 5.97 Å². The second-order valence-electron chi connectivity index (χ2n) is 11.5. The molecule has 4 N–H and O–H groups in total. The van der Waals surface area contributed by atoms with Crippen molar-refractivity contribution in [3.63, 3.8) is 0 Å². The molecule has 0 fully saturated rings. The Bertz CT molecular complexity index is 1650.